The molecule has 2 N–H and O–H groups in total. The largest absolute Gasteiger partial charge is 0.383 e. The average Bonchev–Trinajstić information content (AvgIpc) is 2.39. The summed E-state index contributed by atoms with van der Waals surface area (Å²) in [5.41, 5.74) is 6.34. The van der Waals surface area contributed by atoms with Gasteiger partial charge in [-0.15, -0.1) is 0 Å². The van der Waals surface area contributed by atoms with Crippen molar-refractivity contribution in [2.24, 2.45) is 0 Å². The quantitative estimate of drug-likeness (QED) is 0.919. The molecule has 1 heterocycles. The number of nitrogens with zero attached hydrogens (tertiary/aromatic N) is 2. The number of aromatic nitrogens is 1. The van der Waals surface area contributed by atoms with Gasteiger partial charge in [0.25, 0.3) is 5.91 Å². The molecule has 4 nitrogen and oxygen atoms in total. The summed E-state index contributed by atoms with van der Waals surface area (Å²) < 4.78 is 0. The highest BCUT2D eigenvalue weighted by atomic mass is 16.2. The van der Waals surface area contributed by atoms with Gasteiger partial charge < -0.3 is 10.6 Å². The van der Waals surface area contributed by atoms with Crippen molar-refractivity contribution in [3.05, 3.63) is 36.0 Å². The van der Waals surface area contributed by atoms with Crippen molar-refractivity contribution in [3.63, 3.8) is 0 Å². The Morgan fingerprint density at radius 3 is 2.68 bits per heavy atom. The van der Waals surface area contributed by atoms with Crippen molar-refractivity contribution in [2.75, 3.05) is 12.3 Å². The number of hydrogen-bond donors (Lipinski definition) is 1. The van der Waals surface area contributed by atoms with Crippen molar-refractivity contribution >= 4 is 22.5 Å². The molecule has 2 aromatic rings. The maximum Gasteiger partial charge on any atom is 0.272 e. The molecule has 0 spiro atoms. The smallest absolute Gasteiger partial charge is 0.272 e. The number of nitrogens with two attached hydrogens (primary N) is 1. The molecule has 0 fully saturated rings. The van der Waals surface area contributed by atoms with Crippen LogP contribution in [0.3, 0.4) is 0 Å². The van der Waals surface area contributed by atoms with Gasteiger partial charge in [-0.1, -0.05) is 24.3 Å². The Balaban J connectivity index is 2.48. The molecule has 0 unspecified atom stereocenters. The number of anilines is 1. The Labute approximate surface area is 113 Å². The number of benzene rings is 1. The zero-order valence-electron chi connectivity index (χ0n) is 11.6. The van der Waals surface area contributed by atoms with Crippen LogP contribution in [-0.2, 0) is 0 Å². The summed E-state index contributed by atoms with van der Waals surface area (Å²) >= 11 is 0. The first-order valence-corrected chi connectivity index (χ1v) is 6.50. The van der Waals surface area contributed by atoms with Gasteiger partial charge in [-0.2, -0.15) is 0 Å². The van der Waals surface area contributed by atoms with Gasteiger partial charge in [0.05, 0.1) is 0 Å². The van der Waals surface area contributed by atoms with Gasteiger partial charge in [0, 0.05) is 18.0 Å². The molecule has 0 aliphatic carbocycles. The maximum atomic E-state index is 12.4. The molecule has 0 atom stereocenters. The van der Waals surface area contributed by atoms with E-state index in [4.69, 9.17) is 5.73 Å². The monoisotopic (exact) mass is 257 g/mol. The summed E-state index contributed by atoms with van der Waals surface area (Å²) in [4.78, 5) is 18.4. The molecule has 0 bridgehead atoms. The number of carbonyl (C=O) groups is 1. The zero-order valence-corrected chi connectivity index (χ0v) is 11.6. The Hall–Kier alpha value is -2.10. The summed E-state index contributed by atoms with van der Waals surface area (Å²) in [6.07, 6.45) is 0. The topological polar surface area (TPSA) is 59.2 Å². The van der Waals surface area contributed by atoms with Gasteiger partial charge in [-0.3, -0.25) is 4.79 Å². The van der Waals surface area contributed by atoms with E-state index < -0.39 is 0 Å². The average molecular weight is 257 g/mol. The third kappa shape index (κ3) is 2.52. The highest BCUT2D eigenvalue weighted by Gasteiger charge is 2.19. The minimum absolute atomic E-state index is 0.0741. The van der Waals surface area contributed by atoms with E-state index in [2.05, 4.69) is 4.98 Å². The molecule has 0 aliphatic heterocycles. The molecule has 19 heavy (non-hydrogen) atoms. The molecule has 1 aromatic carbocycles. The van der Waals surface area contributed by atoms with Crippen LogP contribution >= 0.6 is 0 Å². The first-order chi connectivity index (χ1) is 9.04. The molecular weight excluding hydrogens is 238 g/mol. The van der Waals surface area contributed by atoms with E-state index in [1.807, 2.05) is 45.0 Å². The fourth-order valence-electron chi connectivity index (χ4n) is 2.23. The number of fused-ring (bicyclic) bond motifs is 1. The second-order valence-electron chi connectivity index (χ2n) is 4.80. The summed E-state index contributed by atoms with van der Waals surface area (Å²) in [6.45, 7) is 6.60. The van der Waals surface area contributed by atoms with Gasteiger partial charge in [0.15, 0.2) is 0 Å². The van der Waals surface area contributed by atoms with Gasteiger partial charge in [-0.25, -0.2) is 4.98 Å². The first kappa shape index (κ1) is 13.3. The van der Waals surface area contributed by atoms with E-state index in [-0.39, 0.29) is 11.9 Å². The second kappa shape index (κ2) is 5.26. The van der Waals surface area contributed by atoms with Gasteiger partial charge in [0.2, 0.25) is 0 Å². The molecule has 0 saturated carbocycles. The highest BCUT2D eigenvalue weighted by Crippen LogP contribution is 2.21. The van der Waals surface area contributed by atoms with E-state index in [1.165, 1.54) is 0 Å². The number of amides is 1. The number of pyridine rings is 1. The molecule has 2 rings (SSSR count). The van der Waals surface area contributed by atoms with Crippen LogP contribution in [-0.4, -0.2) is 28.4 Å². The molecule has 1 amide bonds. The van der Waals surface area contributed by atoms with Crippen LogP contribution in [0, 0.1) is 0 Å². The predicted octanol–water partition coefficient (Wildman–Crippen LogP) is 2.69. The van der Waals surface area contributed by atoms with E-state index in [0.29, 0.717) is 18.1 Å². The number of nitrogen functional groups attached to an aromatic ring is 1. The van der Waals surface area contributed by atoms with Crippen LogP contribution in [0.4, 0.5) is 5.82 Å². The van der Waals surface area contributed by atoms with Gasteiger partial charge in [-0.05, 0) is 32.2 Å². The predicted molar refractivity (Wildman–Crippen MR) is 78.0 cm³/mol. The minimum Gasteiger partial charge on any atom is -0.383 e. The van der Waals surface area contributed by atoms with Crippen LogP contribution in [0.5, 0.6) is 0 Å². The minimum atomic E-state index is -0.0741. The van der Waals surface area contributed by atoms with Gasteiger partial charge in [0.1, 0.15) is 11.5 Å². The molecule has 1 aromatic heterocycles. The Morgan fingerprint density at radius 2 is 2.05 bits per heavy atom. The number of hydrogen-bond acceptors (Lipinski definition) is 3. The molecule has 100 valence electrons. The van der Waals surface area contributed by atoms with E-state index >= 15 is 0 Å². The lowest BCUT2D eigenvalue weighted by atomic mass is 10.1. The Bertz CT molecular complexity index is 607. The first-order valence-electron chi connectivity index (χ1n) is 6.50. The van der Waals surface area contributed by atoms with Crippen molar-refractivity contribution in [2.45, 2.75) is 26.8 Å². The Kier molecular flexibility index (Phi) is 3.69. The van der Waals surface area contributed by atoms with Crippen LogP contribution in [0.15, 0.2) is 30.3 Å². The van der Waals surface area contributed by atoms with Crippen molar-refractivity contribution in [3.8, 4) is 0 Å². The highest BCUT2D eigenvalue weighted by molar-refractivity contribution is 5.99. The lowest BCUT2D eigenvalue weighted by molar-refractivity contribution is 0.0711. The zero-order chi connectivity index (χ0) is 14.0. The molecule has 0 radical (unpaired) electrons. The third-order valence-corrected chi connectivity index (χ3v) is 3.21. The molecule has 0 saturated heterocycles. The second-order valence-corrected chi connectivity index (χ2v) is 4.80. The lowest BCUT2D eigenvalue weighted by Crippen LogP contribution is -2.37. The van der Waals surface area contributed by atoms with E-state index in [1.54, 1.807) is 11.0 Å². The molecule has 4 heteroatoms. The summed E-state index contributed by atoms with van der Waals surface area (Å²) in [5.74, 6) is 0.330. The SMILES string of the molecule is CCN(C(=O)c1cc2ccccc2c(N)n1)C(C)C. The summed E-state index contributed by atoms with van der Waals surface area (Å²) in [7, 11) is 0. The van der Waals surface area contributed by atoms with Crippen molar-refractivity contribution in [1.29, 1.82) is 0 Å². The maximum absolute atomic E-state index is 12.4. The summed E-state index contributed by atoms with van der Waals surface area (Å²) in [6, 6.07) is 9.64. The van der Waals surface area contributed by atoms with Gasteiger partial charge >= 0.3 is 0 Å². The van der Waals surface area contributed by atoms with Crippen molar-refractivity contribution < 1.29 is 4.79 Å². The standard InChI is InChI=1S/C15H19N3O/c1-4-18(10(2)3)15(19)13-9-11-7-5-6-8-12(11)14(16)17-13/h5-10H,4H2,1-3H3,(H2,16,17). The molecule has 0 aliphatic rings. The van der Waals surface area contributed by atoms with Crippen LogP contribution in [0.25, 0.3) is 10.8 Å². The fourth-order valence-corrected chi connectivity index (χ4v) is 2.23. The number of rotatable bonds is 3. The Morgan fingerprint density at radius 1 is 1.37 bits per heavy atom. The van der Waals surface area contributed by atoms with Crippen LogP contribution in [0.2, 0.25) is 0 Å². The summed E-state index contributed by atoms with van der Waals surface area (Å²) in [5, 5.41) is 1.82. The van der Waals surface area contributed by atoms with Crippen molar-refractivity contribution in [1.82, 2.24) is 9.88 Å². The fraction of sp³-hybridized carbons (Fsp3) is 0.333. The molecular formula is C15H19N3O. The van der Waals surface area contributed by atoms with E-state index in [9.17, 15) is 4.79 Å². The number of carbonyl (C=O) groups excluding carboxylic acids is 1. The normalized spacial score (nSPS) is 10.9. The van der Waals surface area contributed by atoms with E-state index in [0.717, 1.165) is 10.8 Å². The lowest BCUT2D eigenvalue weighted by Gasteiger charge is -2.24. The third-order valence-electron chi connectivity index (χ3n) is 3.21. The van der Waals surface area contributed by atoms with Crippen LogP contribution < -0.4 is 5.73 Å². The van der Waals surface area contributed by atoms with Crippen LogP contribution in [0.1, 0.15) is 31.3 Å².